The van der Waals surface area contributed by atoms with Gasteiger partial charge in [-0.15, -0.1) is 0 Å². The fourth-order valence-corrected chi connectivity index (χ4v) is 3.74. The van der Waals surface area contributed by atoms with Gasteiger partial charge in [-0.2, -0.15) is 0 Å². The van der Waals surface area contributed by atoms with E-state index in [9.17, 15) is 4.79 Å². The Hall–Kier alpha value is -1.99. The molecule has 3 rings (SSSR count). The molecule has 0 unspecified atom stereocenters. The van der Waals surface area contributed by atoms with E-state index in [0.29, 0.717) is 31.6 Å². The number of methoxy groups -OCH3 is 1. The van der Waals surface area contributed by atoms with Crippen LogP contribution < -0.4 is 5.32 Å². The topological polar surface area (TPSA) is 58.9 Å². The molecular weight excluding hydrogens is 359 g/mol. The third kappa shape index (κ3) is 4.70. The normalized spacial score (nSPS) is 17.3. The Kier molecular flexibility index (Phi) is 6.67. The molecule has 6 nitrogen and oxygen atoms in total. The Morgan fingerprint density at radius 3 is 2.79 bits per heavy atom. The number of amides is 1. The molecule has 0 aromatic carbocycles. The monoisotopic (exact) mass is 390 g/mol. The van der Waals surface area contributed by atoms with Crippen LogP contribution in [0, 0.1) is 0 Å². The van der Waals surface area contributed by atoms with E-state index in [1.165, 1.54) is 0 Å². The molecule has 1 N–H and O–H groups in total. The smallest absolute Gasteiger partial charge is 0.272 e. The lowest BCUT2D eigenvalue weighted by Crippen LogP contribution is -2.48. The van der Waals surface area contributed by atoms with E-state index in [1.807, 2.05) is 42.6 Å². The van der Waals surface area contributed by atoms with Gasteiger partial charge < -0.3 is 19.4 Å². The fourth-order valence-electron chi connectivity index (χ4n) is 3.74. The zero-order valence-corrected chi connectivity index (χ0v) is 17.1. The predicted octanol–water partition coefficient (Wildman–Crippen LogP) is 3.03. The summed E-state index contributed by atoms with van der Waals surface area (Å²) in [5.41, 5.74) is -0.237. The Bertz CT molecular complexity index is 797. The summed E-state index contributed by atoms with van der Waals surface area (Å²) in [7, 11) is 1.69. The molecule has 154 valence electrons. The molecule has 3 heterocycles. The zero-order valence-electron chi connectivity index (χ0n) is 17.1. The molecule has 1 aliphatic rings. The number of ether oxygens (including phenoxy) is 1. The van der Waals surface area contributed by atoms with Crippen LogP contribution in [0.5, 0.6) is 0 Å². The summed E-state index contributed by atoms with van der Waals surface area (Å²) in [6.45, 7) is 7.18. The first-order valence-electron chi connectivity index (χ1n) is 10.1. The van der Waals surface area contributed by atoms with Gasteiger partial charge in [0.15, 0.2) is 5.69 Å². The molecule has 2 aromatic rings. The first-order chi connectivity index (χ1) is 13.4. The minimum absolute atomic E-state index is 0.0284. The summed E-state index contributed by atoms with van der Waals surface area (Å²) < 4.78 is 22.2. The summed E-state index contributed by atoms with van der Waals surface area (Å²) in [6.07, 6.45) is 3.73. The number of imidazole rings is 1. The van der Waals surface area contributed by atoms with E-state index in [2.05, 4.69) is 15.2 Å². The molecule has 1 aliphatic heterocycles. The van der Waals surface area contributed by atoms with Gasteiger partial charge in [-0.3, -0.25) is 4.79 Å². The molecule has 28 heavy (non-hydrogen) atoms. The van der Waals surface area contributed by atoms with Crippen LogP contribution in [-0.4, -0.2) is 65.8 Å². The molecule has 0 spiro atoms. The Morgan fingerprint density at radius 1 is 1.36 bits per heavy atom. The van der Waals surface area contributed by atoms with Crippen LogP contribution >= 0.6 is 0 Å². The van der Waals surface area contributed by atoms with Gasteiger partial charge in [0.2, 0.25) is 0 Å². The number of alkyl halides is 1. The third-order valence-electron chi connectivity index (χ3n) is 5.45. The summed E-state index contributed by atoms with van der Waals surface area (Å²) in [5.74, 6) is 0.710. The van der Waals surface area contributed by atoms with Gasteiger partial charge in [-0.25, -0.2) is 9.37 Å². The highest BCUT2D eigenvalue weighted by atomic mass is 19.1. The fraction of sp³-hybridized carbons (Fsp3) is 0.619. The van der Waals surface area contributed by atoms with E-state index >= 15 is 4.39 Å². The van der Waals surface area contributed by atoms with Crippen molar-refractivity contribution in [2.24, 2.45) is 0 Å². The lowest BCUT2D eigenvalue weighted by molar-refractivity contribution is 0.0510. The lowest BCUT2D eigenvalue weighted by atomic mass is 9.93. The predicted molar refractivity (Wildman–Crippen MR) is 108 cm³/mol. The number of likely N-dealkylation sites (tertiary alicyclic amines) is 1. The van der Waals surface area contributed by atoms with E-state index in [1.54, 1.807) is 7.11 Å². The maximum atomic E-state index is 15.2. The number of piperidine rings is 1. The molecule has 1 fully saturated rings. The van der Waals surface area contributed by atoms with Gasteiger partial charge in [-0.1, -0.05) is 19.9 Å². The lowest BCUT2D eigenvalue weighted by Gasteiger charge is -2.36. The number of hydrogen-bond donors (Lipinski definition) is 1. The average Bonchev–Trinajstić information content (AvgIpc) is 3.08. The SMILES string of the molecule is COCCCN1CCC(F)(CNC(=O)c2nc(C(C)C)n3ccccc23)CC1. The van der Waals surface area contributed by atoms with Crippen molar-refractivity contribution >= 4 is 11.4 Å². The quantitative estimate of drug-likeness (QED) is 0.704. The van der Waals surface area contributed by atoms with Crippen LogP contribution in [0.25, 0.3) is 5.52 Å². The molecule has 0 aliphatic carbocycles. The second-order valence-corrected chi connectivity index (χ2v) is 7.95. The van der Waals surface area contributed by atoms with Crippen LogP contribution in [0.3, 0.4) is 0 Å². The molecule has 0 atom stereocenters. The average molecular weight is 391 g/mol. The third-order valence-corrected chi connectivity index (χ3v) is 5.45. The molecule has 7 heteroatoms. The van der Waals surface area contributed by atoms with E-state index in [-0.39, 0.29) is 18.4 Å². The van der Waals surface area contributed by atoms with Crippen LogP contribution in [0.1, 0.15) is 55.3 Å². The van der Waals surface area contributed by atoms with Crippen molar-refractivity contribution < 1.29 is 13.9 Å². The number of fused-ring (bicyclic) bond motifs is 1. The zero-order chi connectivity index (χ0) is 20.1. The van der Waals surface area contributed by atoms with Crippen molar-refractivity contribution in [1.82, 2.24) is 19.6 Å². The summed E-state index contributed by atoms with van der Waals surface area (Å²) in [6, 6.07) is 5.67. The Morgan fingerprint density at radius 2 is 2.11 bits per heavy atom. The summed E-state index contributed by atoms with van der Waals surface area (Å²) in [4.78, 5) is 19.5. The maximum absolute atomic E-state index is 15.2. The summed E-state index contributed by atoms with van der Waals surface area (Å²) >= 11 is 0. The van der Waals surface area contributed by atoms with Crippen LogP contribution in [0.4, 0.5) is 4.39 Å². The number of nitrogens with zero attached hydrogens (tertiary/aromatic N) is 3. The second kappa shape index (κ2) is 9.01. The van der Waals surface area contributed by atoms with Gasteiger partial charge in [-0.05, 0) is 31.4 Å². The highest BCUT2D eigenvalue weighted by molar-refractivity contribution is 5.99. The first-order valence-corrected chi connectivity index (χ1v) is 10.1. The van der Waals surface area contributed by atoms with Crippen molar-refractivity contribution in [3.63, 3.8) is 0 Å². The highest BCUT2D eigenvalue weighted by Gasteiger charge is 2.35. The highest BCUT2D eigenvalue weighted by Crippen LogP contribution is 2.26. The second-order valence-electron chi connectivity index (χ2n) is 7.95. The van der Waals surface area contributed by atoms with Crippen LogP contribution in [0.15, 0.2) is 24.4 Å². The molecule has 2 aromatic heterocycles. The standard InChI is InChI=1S/C21H31FN4O2/c1-16(2)19-24-18(17-7-4-5-11-26(17)19)20(27)23-15-21(22)8-12-25(13-9-21)10-6-14-28-3/h4-5,7,11,16H,6,8-10,12-15H2,1-3H3,(H,23,27). The maximum Gasteiger partial charge on any atom is 0.272 e. The molecule has 0 radical (unpaired) electrons. The number of nitrogens with one attached hydrogen (secondary N) is 1. The van der Waals surface area contributed by atoms with E-state index in [0.717, 1.165) is 30.9 Å². The van der Waals surface area contributed by atoms with Crippen molar-refractivity contribution in [2.75, 3.05) is 39.9 Å². The number of hydrogen-bond acceptors (Lipinski definition) is 4. The van der Waals surface area contributed by atoms with Crippen LogP contribution in [-0.2, 0) is 4.74 Å². The van der Waals surface area contributed by atoms with Gasteiger partial charge >= 0.3 is 0 Å². The molecule has 0 bridgehead atoms. The minimum Gasteiger partial charge on any atom is -0.385 e. The number of carbonyl (C=O) groups is 1. The van der Waals surface area contributed by atoms with Crippen molar-refractivity contribution in [2.45, 2.75) is 44.7 Å². The van der Waals surface area contributed by atoms with Gasteiger partial charge in [0, 0.05) is 45.5 Å². The molecule has 0 saturated carbocycles. The minimum atomic E-state index is -1.36. The number of carbonyl (C=O) groups excluding carboxylic acids is 1. The number of pyridine rings is 1. The largest absolute Gasteiger partial charge is 0.385 e. The van der Waals surface area contributed by atoms with E-state index in [4.69, 9.17) is 4.74 Å². The first kappa shape index (κ1) is 20.7. The molecule has 1 amide bonds. The number of halogens is 1. The number of aromatic nitrogens is 2. The van der Waals surface area contributed by atoms with Crippen molar-refractivity contribution in [3.8, 4) is 0 Å². The van der Waals surface area contributed by atoms with Gasteiger partial charge in [0.05, 0.1) is 12.1 Å². The van der Waals surface area contributed by atoms with Crippen molar-refractivity contribution in [1.29, 1.82) is 0 Å². The van der Waals surface area contributed by atoms with Crippen LogP contribution in [0.2, 0.25) is 0 Å². The van der Waals surface area contributed by atoms with Gasteiger partial charge in [0.25, 0.3) is 5.91 Å². The van der Waals surface area contributed by atoms with E-state index < -0.39 is 5.67 Å². The molecule has 1 saturated heterocycles. The summed E-state index contributed by atoms with van der Waals surface area (Å²) in [5, 5.41) is 2.79. The Balaban J connectivity index is 1.60. The van der Waals surface area contributed by atoms with Gasteiger partial charge in [0.1, 0.15) is 11.5 Å². The molecular formula is C21H31FN4O2. The number of rotatable bonds is 8. The van der Waals surface area contributed by atoms with Crippen molar-refractivity contribution in [3.05, 3.63) is 35.9 Å². The Labute approximate surface area is 166 Å².